The Morgan fingerprint density at radius 1 is 1.29 bits per heavy atom. The lowest BCUT2D eigenvalue weighted by molar-refractivity contribution is -0.159. The summed E-state index contributed by atoms with van der Waals surface area (Å²) >= 11 is 0. The monoisotopic (exact) mass is 293 g/mol. The second-order valence-corrected chi connectivity index (χ2v) is 5.30. The van der Waals surface area contributed by atoms with E-state index in [-0.39, 0.29) is 0 Å². The number of anilines is 1. The lowest BCUT2D eigenvalue weighted by Crippen LogP contribution is -2.42. The maximum Gasteiger partial charge on any atom is 0.414 e. The molecule has 3 rings (SSSR count). The molecule has 2 saturated heterocycles. The highest BCUT2D eigenvalue weighted by Crippen LogP contribution is 2.32. The van der Waals surface area contributed by atoms with E-state index in [1.54, 1.807) is 0 Å². The molecule has 1 spiro atoms. The second kappa shape index (κ2) is 6.53. The van der Waals surface area contributed by atoms with Gasteiger partial charge in [-0.2, -0.15) is 0 Å². The zero-order valence-corrected chi connectivity index (χ0v) is 11.7. The molecule has 21 heavy (non-hydrogen) atoms. The zero-order valence-electron chi connectivity index (χ0n) is 11.7. The van der Waals surface area contributed by atoms with Crippen LogP contribution in [0, 0.1) is 0 Å². The number of nitrogens with one attached hydrogen (secondary N) is 1. The third kappa shape index (κ3) is 3.91. The van der Waals surface area contributed by atoms with Crippen molar-refractivity contribution in [2.45, 2.75) is 24.8 Å². The van der Waals surface area contributed by atoms with Crippen LogP contribution in [0.15, 0.2) is 24.5 Å². The molecule has 2 aliphatic rings. The molecule has 2 aliphatic heterocycles. The summed E-state index contributed by atoms with van der Waals surface area (Å²) in [5, 5.41) is 18.5. The van der Waals surface area contributed by atoms with Gasteiger partial charge in [-0.3, -0.25) is 4.98 Å². The van der Waals surface area contributed by atoms with Crippen LogP contribution in [0.4, 0.5) is 5.69 Å². The van der Waals surface area contributed by atoms with Crippen LogP contribution in [0.3, 0.4) is 0 Å². The first-order chi connectivity index (χ1) is 10.0. The molecular formula is C14H19N3O4. The maximum atomic E-state index is 9.10. The Hall–Kier alpha value is -2.15. The average molecular weight is 293 g/mol. The van der Waals surface area contributed by atoms with Crippen LogP contribution in [0.25, 0.3) is 0 Å². The molecule has 1 aromatic heterocycles. The fraction of sp³-hybridized carbons (Fsp3) is 0.500. The number of carboxylic acids is 2. The fourth-order valence-corrected chi connectivity index (χ4v) is 2.85. The Morgan fingerprint density at radius 3 is 2.57 bits per heavy atom. The molecule has 1 atom stereocenters. The number of carbonyl (C=O) groups is 2. The Morgan fingerprint density at radius 2 is 2.05 bits per heavy atom. The highest BCUT2D eigenvalue weighted by molar-refractivity contribution is 6.27. The topological polar surface area (TPSA) is 103 Å². The third-order valence-corrected chi connectivity index (χ3v) is 3.88. The van der Waals surface area contributed by atoms with E-state index in [9.17, 15) is 0 Å². The Kier molecular flexibility index (Phi) is 4.74. The highest BCUT2D eigenvalue weighted by atomic mass is 16.4. The average Bonchev–Trinajstić information content (AvgIpc) is 3.11. The van der Waals surface area contributed by atoms with Gasteiger partial charge < -0.3 is 20.4 Å². The highest BCUT2D eigenvalue weighted by Gasteiger charge is 2.39. The van der Waals surface area contributed by atoms with Crippen LogP contribution in [0.1, 0.15) is 19.3 Å². The van der Waals surface area contributed by atoms with Gasteiger partial charge in [-0.15, -0.1) is 0 Å². The Balaban J connectivity index is 0.000000232. The SMILES string of the molecule is O=C(O)C(=O)O.c1cncc(N2CC[C@]3(CCCN3)C2)c1. The van der Waals surface area contributed by atoms with Crippen LogP contribution in [-0.4, -0.2) is 52.3 Å². The van der Waals surface area contributed by atoms with Gasteiger partial charge in [0.15, 0.2) is 0 Å². The number of hydrogen-bond acceptors (Lipinski definition) is 5. The van der Waals surface area contributed by atoms with Gasteiger partial charge in [0.25, 0.3) is 0 Å². The number of nitrogens with zero attached hydrogens (tertiary/aromatic N) is 2. The van der Waals surface area contributed by atoms with Gasteiger partial charge in [0, 0.05) is 24.8 Å². The molecule has 0 unspecified atom stereocenters. The summed E-state index contributed by atoms with van der Waals surface area (Å²) in [7, 11) is 0. The van der Waals surface area contributed by atoms with E-state index in [1.165, 1.54) is 38.0 Å². The van der Waals surface area contributed by atoms with Crippen molar-refractivity contribution < 1.29 is 19.8 Å². The van der Waals surface area contributed by atoms with Crippen molar-refractivity contribution in [1.29, 1.82) is 0 Å². The van der Waals surface area contributed by atoms with Crippen LogP contribution in [0.5, 0.6) is 0 Å². The van der Waals surface area contributed by atoms with E-state index in [4.69, 9.17) is 19.8 Å². The first kappa shape index (κ1) is 15.2. The number of carboxylic acid groups (broad SMARTS) is 2. The molecule has 7 nitrogen and oxygen atoms in total. The predicted molar refractivity (Wildman–Crippen MR) is 76.3 cm³/mol. The first-order valence-electron chi connectivity index (χ1n) is 6.89. The molecular weight excluding hydrogens is 274 g/mol. The van der Waals surface area contributed by atoms with E-state index in [1.807, 2.05) is 18.5 Å². The summed E-state index contributed by atoms with van der Waals surface area (Å²) in [6.45, 7) is 3.51. The number of rotatable bonds is 1. The molecule has 0 saturated carbocycles. The van der Waals surface area contributed by atoms with E-state index in [0.717, 1.165) is 6.54 Å². The quantitative estimate of drug-likeness (QED) is 0.650. The first-order valence-corrected chi connectivity index (χ1v) is 6.89. The normalized spacial score (nSPS) is 23.7. The van der Waals surface area contributed by atoms with E-state index >= 15 is 0 Å². The second-order valence-electron chi connectivity index (χ2n) is 5.30. The maximum absolute atomic E-state index is 9.10. The van der Waals surface area contributed by atoms with Gasteiger partial charge >= 0.3 is 11.9 Å². The molecule has 114 valence electrons. The van der Waals surface area contributed by atoms with E-state index in [2.05, 4.69) is 21.3 Å². The molecule has 0 bridgehead atoms. The van der Waals surface area contributed by atoms with Crippen molar-refractivity contribution in [3.8, 4) is 0 Å². The van der Waals surface area contributed by atoms with Crippen molar-refractivity contribution in [2.75, 3.05) is 24.5 Å². The van der Waals surface area contributed by atoms with Crippen molar-refractivity contribution >= 4 is 17.6 Å². The van der Waals surface area contributed by atoms with Crippen molar-refractivity contribution in [3.63, 3.8) is 0 Å². The molecule has 0 aromatic carbocycles. The standard InChI is InChI=1S/C12H17N3.C2H2O4/c1-3-11(9-13-6-1)15-8-5-12(10-15)4-2-7-14-12;3-1(4)2(5)6/h1,3,6,9,14H,2,4-5,7-8,10H2;(H,3,4)(H,5,6)/t12-;/m1./s1. The van der Waals surface area contributed by atoms with Crippen LogP contribution >= 0.6 is 0 Å². The predicted octanol–water partition coefficient (Wildman–Crippen LogP) is 0.569. The Labute approximate surface area is 122 Å². The molecule has 0 radical (unpaired) electrons. The van der Waals surface area contributed by atoms with Gasteiger partial charge in [-0.05, 0) is 37.9 Å². The minimum Gasteiger partial charge on any atom is -0.473 e. The number of pyridine rings is 1. The smallest absolute Gasteiger partial charge is 0.414 e. The molecule has 7 heteroatoms. The summed E-state index contributed by atoms with van der Waals surface area (Å²) in [5.41, 5.74) is 1.68. The van der Waals surface area contributed by atoms with Crippen molar-refractivity contribution in [3.05, 3.63) is 24.5 Å². The summed E-state index contributed by atoms with van der Waals surface area (Å²) < 4.78 is 0. The molecule has 3 heterocycles. The van der Waals surface area contributed by atoms with E-state index in [0.29, 0.717) is 5.54 Å². The van der Waals surface area contributed by atoms with Gasteiger partial charge in [0.2, 0.25) is 0 Å². The Bertz CT molecular complexity index is 488. The van der Waals surface area contributed by atoms with E-state index < -0.39 is 11.9 Å². The number of aliphatic carboxylic acids is 2. The lowest BCUT2D eigenvalue weighted by atomic mass is 9.97. The summed E-state index contributed by atoms with van der Waals surface area (Å²) in [4.78, 5) is 24.8. The molecule has 2 fully saturated rings. The van der Waals surface area contributed by atoms with Crippen LogP contribution in [-0.2, 0) is 9.59 Å². The zero-order chi connectivity index (χ0) is 15.3. The minimum absolute atomic E-state index is 0.413. The number of aromatic nitrogens is 1. The number of hydrogen-bond donors (Lipinski definition) is 3. The van der Waals surface area contributed by atoms with Crippen LogP contribution < -0.4 is 10.2 Å². The summed E-state index contributed by atoms with van der Waals surface area (Å²) in [6.07, 6.45) is 7.75. The molecule has 0 amide bonds. The largest absolute Gasteiger partial charge is 0.473 e. The van der Waals surface area contributed by atoms with Gasteiger partial charge in [0.1, 0.15) is 0 Å². The van der Waals surface area contributed by atoms with Gasteiger partial charge in [-0.25, -0.2) is 9.59 Å². The van der Waals surface area contributed by atoms with Gasteiger partial charge in [0.05, 0.1) is 11.9 Å². The van der Waals surface area contributed by atoms with Crippen LogP contribution in [0.2, 0.25) is 0 Å². The summed E-state index contributed by atoms with van der Waals surface area (Å²) in [6, 6.07) is 4.17. The van der Waals surface area contributed by atoms with Crippen molar-refractivity contribution in [1.82, 2.24) is 10.3 Å². The van der Waals surface area contributed by atoms with Crippen molar-refractivity contribution in [2.24, 2.45) is 0 Å². The molecule has 3 N–H and O–H groups in total. The minimum atomic E-state index is -1.82. The molecule has 0 aliphatic carbocycles. The lowest BCUT2D eigenvalue weighted by Gasteiger charge is -2.25. The third-order valence-electron chi connectivity index (χ3n) is 3.88. The van der Waals surface area contributed by atoms with Gasteiger partial charge in [-0.1, -0.05) is 0 Å². The molecule has 1 aromatic rings. The fourth-order valence-electron chi connectivity index (χ4n) is 2.85. The summed E-state index contributed by atoms with van der Waals surface area (Å²) in [5.74, 6) is -3.65.